The number of rotatable bonds is 12. The number of hydrogen-bond acceptors (Lipinski definition) is 8. The number of anilines is 1. The zero-order chi connectivity index (χ0) is 34.2. The molecule has 4 aliphatic rings. The number of pyridine rings is 1. The van der Waals surface area contributed by atoms with E-state index < -0.39 is 40.5 Å². The van der Waals surface area contributed by atoms with Gasteiger partial charge in [0, 0.05) is 42.1 Å². The number of nitrogens with zero attached hydrogens (tertiary/aromatic N) is 1. The highest BCUT2D eigenvalue weighted by atomic mass is 16.3. The minimum absolute atomic E-state index is 0.101. The predicted octanol–water partition coefficient (Wildman–Crippen LogP) is 1.22. The summed E-state index contributed by atoms with van der Waals surface area (Å²) in [5.41, 5.74) is 5.18. The molecular weight excluding hydrogens is 620 g/mol. The van der Waals surface area contributed by atoms with Crippen molar-refractivity contribution in [3.8, 4) is 0 Å². The van der Waals surface area contributed by atoms with Crippen LogP contribution >= 0.6 is 0 Å². The van der Waals surface area contributed by atoms with Crippen molar-refractivity contribution >= 4 is 52.0 Å². The summed E-state index contributed by atoms with van der Waals surface area (Å²) < 4.78 is 6.53. The van der Waals surface area contributed by atoms with Gasteiger partial charge in [0.2, 0.25) is 23.5 Å². The van der Waals surface area contributed by atoms with E-state index in [0.717, 1.165) is 24.6 Å². The lowest BCUT2D eigenvalue weighted by Gasteiger charge is -2.58. The molecular formula is C34H38N6O8. The van der Waals surface area contributed by atoms with E-state index in [2.05, 4.69) is 21.3 Å². The Labute approximate surface area is 275 Å². The quantitative estimate of drug-likeness (QED) is 0.178. The normalized spacial score (nSPS) is 24.4. The first kappa shape index (κ1) is 32.7. The van der Waals surface area contributed by atoms with Crippen LogP contribution in [-0.4, -0.2) is 59.0 Å². The molecule has 3 aromatic rings. The molecule has 0 spiro atoms. The molecule has 0 radical (unpaired) electrons. The third-order valence-corrected chi connectivity index (χ3v) is 10.2. The van der Waals surface area contributed by atoms with E-state index in [0.29, 0.717) is 24.3 Å². The smallest absolute Gasteiger partial charge is 0.287 e. The molecule has 6 N–H and O–H groups in total. The van der Waals surface area contributed by atoms with Crippen LogP contribution in [0.3, 0.4) is 0 Å². The zero-order valence-electron chi connectivity index (χ0n) is 26.5. The molecule has 2 unspecified atom stereocenters. The van der Waals surface area contributed by atoms with Crippen molar-refractivity contribution in [2.45, 2.75) is 63.6 Å². The molecule has 252 valence electrons. The van der Waals surface area contributed by atoms with Crippen molar-refractivity contribution in [3.05, 3.63) is 64.8 Å². The van der Waals surface area contributed by atoms with Crippen LogP contribution in [0.25, 0.3) is 11.0 Å². The Morgan fingerprint density at radius 3 is 2.50 bits per heavy atom. The Hall–Kier alpha value is -5.27. The SMILES string of the molecule is CNC(=O)C(=O)CC[C@H](NC(=O)c1ccc2ccoc2c1)C(=O)Nc1cccn(CC(=O)NC2C3CC4CC2CC(C(N)=O)(C4)C3)c1=O. The van der Waals surface area contributed by atoms with Crippen LogP contribution < -0.4 is 32.6 Å². The van der Waals surface area contributed by atoms with Crippen molar-refractivity contribution in [2.75, 3.05) is 12.4 Å². The second-order valence-corrected chi connectivity index (χ2v) is 13.3. The molecule has 3 atom stereocenters. The summed E-state index contributed by atoms with van der Waals surface area (Å²) in [4.78, 5) is 89.4. The van der Waals surface area contributed by atoms with E-state index in [1.54, 1.807) is 18.2 Å². The first-order valence-corrected chi connectivity index (χ1v) is 16.1. The zero-order valence-corrected chi connectivity index (χ0v) is 26.5. The average molecular weight is 659 g/mol. The maximum Gasteiger partial charge on any atom is 0.287 e. The molecule has 2 heterocycles. The Morgan fingerprint density at radius 2 is 1.79 bits per heavy atom. The second kappa shape index (κ2) is 13.1. The number of Topliss-reactive ketones (excluding diaryl/α,β-unsaturated/α-hetero) is 1. The average Bonchev–Trinajstić information content (AvgIpc) is 3.53. The van der Waals surface area contributed by atoms with Gasteiger partial charge in [-0.1, -0.05) is 6.07 Å². The fourth-order valence-corrected chi connectivity index (χ4v) is 8.06. The highest BCUT2D eigenvalue weighted by Gasteiger charge is 2.58. The molecule has 48 heavy (non-hydrogen) atoms. The van der Waals surface area contributed by atoms with Crippen molar-refractivity contribution in [1.82, 2.24) is 20.5 Å². The van der Waals surface area contributed by atoms with Crippen molar-refractivity contribution in [1.29, 1.82) is 0 Å². The Kier molecular flexibility index (Phi) is 8.91. The lowest BCUT2D eigenvalue weighted by molar-refractivity contribution is -0.147. The van der Waals surface area contributed by atoms with E-state index in [9.17, 15) is 33.6 Å². The van der Waals surface area contributed by atoms with Gasteiger partial charge in [-0.05, 0) is 86.6 Å². The Bertz CT molecular complexity index is 1850. The molecule has 14 heteroatoms. The number of nitrogens with one attached hydrogen (secondary N) is 4. The van der Waals surface area contributed by atoms with E-state index >= 15 is 0 Å². The number of benzene rings is 1. The lowest BCUT2D eigenvalue weighted by Crippen LogP contribution is -2.62. The van der Waals surface area contributed by atoms with E-state index in [1.165, 1.54) is 42.3 Å². The van der Waals surface area contributed by atoms with Crippen LogP contribution in [0, 0.1) is 23.2 Å². The number of aromatic nitrogens is 1. The third-order valence-electron chi connectivity index (χ3n) is 10.2. The molecule has 0 aliphatic heterocycles. The molecule has 4 saturated carbocycles. The number of likely N-dealkylation sites (N-methyl/N-ethyl adjacent to an activating group) is 1. The standard InChI is InChI=1S/C34H38N6O8/c1-36-31(45)25(41)7-6-23(37-29(43)20-5-4-19-8-10-48-26(19)13-20)30(44)38-24-3-2-9-40(32(24)46)17-27(42)39-28-21-11-18-12-22(28)16-34(14-18,15-21)33(35)47/h2-5,8-10,13,18,21-23,28H,6-7,11-12,14-17H2,1H3,(H2,35,47)(H,36,45)(H,37,43)(H,38,44)(H,39,42)/t18?,21?,22?,23-,28?,34?/m0/s1. The fourth-order valence-electron chi connectivity index (χ4n) is 8.06. The van der Waals surface area contributed by atoms with Crippen LogP contribution in [0.1, 0.15) is 55.3 Å². The minimum Gasteiger partial charge on any atom is -0.464 e. The monoisotopic (exact) mass is 658 g/mol. The summed E-state index contributed by atoms with van der Waals surface area (Å²) in [6.45, 7) is -0.293. The minimum atomic E-state index is -1.30. The largest absolute Gasteiger partial charge is 0.464 e. The first-order chi connectivity index (χ1) is 23.0. The highest BCUT2D eigenvalue weighted by molar-refractivity contribution is 6.36. The number of fused-ring (bicyclic) bond motifs is 1. The third kappa shape index (κ3) is 6.46. The van der Waals surface area contributed by atoms with Gasteiger partial charge >= 0.3 is 0 Å². The molecule has 0 saturated heterocycles. The molecule has 4 bridgehead atoms. The number of ketones is 1. The number of furan rings is 1. The van der Waals surface area contributed by atoms with Gasteiger partial charge < -0.3 is 36.0 Å². The van der Waals surface area contributed by atoms with Crippen LogP contribution in [0.15, 0.2) is 58.1 Å². The summed E-state index contributed by atoms with van der Waals surface area (Å²) >= 11 is 0. The van der Waals surface area contributed by atoms with Gasteiger partial charge in [0.05, 0.1) is 6.26 Å². The van der Waals surface area contributed by atoms with E-state index in [4.69, 9.17) is 10.2 Å². The van der Waals surface area contributed by atoms with Crippen LogP contribution in [0.4, 0.5) is 5.69 Å². The van der Waals surface area contributed by atoms with Gasteiger partial charge in [-0.15, -0.1) is 0 Å². The highest BCUT2D eigenvalue weighted by Crippen LogP contribution is 2.59. The molecule has 4 aliphatic carbocycles. The summed E-state index contributed by atoms with van der Waals surface area (Å²) in [7, 11) is 1.31. The van der Waals surface area contributed by atoms with Gasteiger partial charge in [0.15, 0.2) is 0 Å². The van der Waals surface area contributed by atoms with Gasteiger partial charge in [-0.2, -0.15) is 0 Å². The maximum absolute atomic E-state index is 13.4. The van der Waals surface area contributed by atoms with Crippen molar-refractivity contribution in [2.24, 2.45) is 28.9 Å². The first-order valence-electron chi connectivity index (χ1n) is 16.1. The molecule has 1 aromatic carbocycles. The van der Waals surface area contributed by atoms with Crippen LogP contribution in [0.2, 0.25) is 0 Å². The molecule has 4 fully saturated rings. The van der Waals surface area contributed by atoms with E-state index in [-0.39, 0.29) is 60.3 Å². The molecule has 14 nitrogen and oxygen atoms in total. The maximum atomic E-state index is 13.4. The summed E-state index contributed by atoms with van der Waals surface area (Å²) in [5, 5.41) is 11.2. The number of amides is 5. The van der Waals surface area contributed by atoms with E-state index in [1.807, 2.05) is 0 Å². The lowest BCUT2D eigenvalue weighted by atomic mass is 9.47. The summed E-state index contributed by atoms with van der Waals surface area (Å²) in [5.74, 6) is -2.92. The van der Waals surface area contributed by atoms with Gasteiger partial charge in [0.1, 0.15) is 23.9 Å². The van der Waals surface area contributed by atoms with Crippen molar-refractivity contribution < 1.29 is 33.2 Å². The van der Waals surface area contributed by atoms with Gasteiger partial charge in [-0.25, -0.2) is 0 Å². The van der Waals surface area contributed by atoms with Crippen LogP contribution in [-0.2, 0) is 30.5 Å². The Balaban J connectivity index is 1.13. The number of carbonyl (C=O) groups is 6. The summed E-state index contributed by atoms with van der Waals surface area (Å²) in [6, 6.07) is 7.96. The molecule has 7 rings (SSSR count). The number of nitrogens with two attached hydrogens (primary N) is 1. The number of carbonyl (C=O) groups excluding carboxylic acids is 6. The summed E-state index contributed by atoms with van der Waals surface area (Å²) in [6.07, 6.45) is 6.34. The van der Waals surface area contributed by atoms with Gasteiger partial charge in [0.25, 0.3) is 17.4 Å². The van der Waals surface area contributed by atoms with Crippen molar-refractivity contribution in [3.63, 3.8) is 0 Å². The van der Waals surface area contributed by atoms with Gasteiger partial charge in [-0.3, -0.25) is 33.6 Å². The predicted molar refractivity (Wildman–Crippen MR) is 172 cm³/mol. The molecule has 2 aromatic heterocycles. The molecule has 5 amide bonds. The number of primary amides is 1. The second-order valence-electron chi connectivity index (χ2n) is 13.3. The topological polar surface area (TPSA) is 212 Å². The fraction of sp³-hybridized carbons (Fsp3) is 0.441. The van der Waals surface area contributed by atoms with Crippen LogP contribution in [0.5, 0.6) is 0 Å². The Morgan fingerprint density at radius 1 is 1.04 bits per heavy atom. The number of hydrogen-bond donors (Lipinski definition) is 5.